The highest BCUT2D eigenvalue weighted by Crippen LogP contribution is 2.40. The number of aromatic nitrogens is 2. The second kappa shape index (κ2) is 16.9. The normalized spacial score (nSPS) is 11.9. The molecule has 226 valence electrons. The van der Waals surface area contributed by atoms with E-state index >= 15 is 0 Å². The van der Waals surface area contributed by atoms with Crippen molar-refractivity contribution < 1.29 is 5.11 Å². The van der Waals surface area contributed by atoms with Crippen LogP contribution in [0.1, 0.15) is 124 Å². The summed E-state index contributed by atoms with van der Waals surface area (Å²) in [6.07, 6.45) is 8.45. The molecule has 0 radical (unpaired) electrons. The molecule has 0 aliphatic rings. The van der Waals surface area contributed by atoms with Crippen LogP contribution in [0.5, 0.6) is 0 Å². The number of hydrogen-bond acceptors (Lipinski definition) is 3. The summed E-state index contributed by atoms with van der Waals surface area (Å²) >= 11 is 0. The minimum atomic E-state index is -1.80. The fraction of sp³-hybridized carbons (Fsp3) is 0.487. The van der Waals surface area contributed by atoms with Gasteiger partial charge in [-0.05, 0) is 79.9 Å². The molecule has 0 fully saturated rings. The van der Waals surface area contributed by atoms with Crippen LogP contribution in [0.4, 0.5) is 0 Å². The van der Waals surface area contributed by atoms with Crippen LogP contribution < -0.4 is 0 Å². The highest BCUT2D eigenvalue weighted by atomic mass is 28.3. The minimum Gasteiger partial charge on any atom is -0.378 e. The highest BCUT2D eigenvalue weighted by Gasteiger charge is 2.41. The van der Waals surface area contributed by atoms with Gasteiger partial charge in [0.05, 0.1) is 0 Å². The number of nitrogens with zero attached hydrogens (tertiary/aromatic N) is 2. The summed E-state index contributed by atoms with van der Waals surface area (Å²) in [5, 5.41) is 9.83. The molecule has 0 saturated carbocycles. The molecule has 2 aromatic heterocycles. The van der Waals surface area contributed by atoms with Crippen LogP contribution in [0.25, 0.3) is 0 Å². The van der Waals surface area contributed by atoms with Gasteiger partial charge >= 0.3 is 0 Å². The SMILES string of the molecule is CCCC/C(C#Cc1ccc(C#CC(C)(C)O)cn1)=C(\C#Cc1ccc(C#C[Si](C(C)C)(C(C)C)C(C)C)nc1)CCC. The van der Waals surface area contributed by atoms with Gasteiger partial charge in [0, 0.05) is 34.7 Å². The van der Waals surface area contributed by atoms with Gasteiger partial charge in [0.1, 0.15) is 25.1 Å². The standard InChI is InChI=1S/C39H50N2OSi/c1-11-13-15-36(20-23-37-21-18-34(29-40-37)24-26-39(9,10)42)35(14-12-2)19-16-33-17-22-38(41-28-33)25-27-43(30(3)4,31(5)6)32(7)8/h17-18,21-22,28-32,42H,11-15H2,1-10H3/b36-35+. The Morgan fingerprint density at radius 3 is 1.70 bits per heavy atom. The van der Waals surface area contributed by atoms with Gasteiger partial charge in [-0.15, -0.1) is 5.54 Å². The molecule has 0 aromatic carbocycles. The predicted octanol–water partition coefficient (Wildman–Crippen LogP) is 8.86. The lowest BCUT2D eigenvalue weighted by molar-refractivity contribution is 0.143. The molecule has 0 atom stereocenters. The van der Waals surface area contributed by atoms with Gasteiger partial charge < -0.3 is 5.11 Å². The van der Waals surface area contributed by atoms with E-state index in [1.807, 2.05) is 30.5 Å². The Labute approximate surface area is 263 Å². The third kappa shape index (κ3) is 11.2. The topological polar surface area (TPSA) is 46.0 Å². The Balaban J connectivity index is 2.39. The Morgan fingerprint density at radius 2 is 1.23 bits per heavy atom. The van der Waals surface area contributed by atoms with Crippen molar-refractivity contribution in [1.29, 1.82) is 0 Å². The largest absolute Gasteiger partial charge is 0.378 e. The first-order valence-corrected chi connectivity index (χ1v) is 18.0. The van der Waals surface area contributed by atoms with Crippen LogP contribution in [0.3, 0.4) is 0 Å². The van der Waals surface area contributed by atoms with Gasteiger partial charge in [0.15, 0.2) is 0 Å². The zero-order valence-corrected chi connectivity index (χ0v) is 29.1. The molecule has 3 nitrogen and oxygen atoms in total. The highest BCUT2D eigenvalue weighted by molar-refractivity contribution is 6.90. The molecule has 1 N–H and O–H groups in total. The average molecular weight is 591 g/mol. The van der Waals surface area contributed by atoms with Crippen LogP contribution in [0.15, 0.2) is 47.8 Å². The molecule has 0 amide bonds. The lowest BCUT2D eigenvalue weighted by Crippen LogP contribution is -2.43. The zero-order chi connectivity index (χ0) is 32.0. The molecular formula is C39H50N2OSi. The molecule has 4 heteroatoms. The summed E-state index contributed by atoms with van der Waals surface area (Å²) in [6, 6.07) is 7.78. The first kappa shape index (κ1) is 35.7. The maximum absolute atomic E-state index is 9.83. The number of aliphatic hydroxyl groups is 1. The number of pyridine rings is 2. The second-order valence-electron chi connectivity index (χ2n) is 12.6. The molecule has 43 heavy (non-hydrogen) atoms. The Kier molecular flexibility index (Phi) is 14.0. The van der Waals surface area contributed by atoms with E-state index in [4.69, 9.17) is 0 Å². The van der Waals surface area contributed by atoms with Crippen LogP contribution in [0.2, 0.25) is 16.6 Å². The molecule has 0 bridgehead atoms. The van der Waals surface area contributed by atoms with Crippen LogP contribution in [0, 0.1) is 47.0 Å². The van der Waals surface area contributed by atoms with E-state index in [2.05, 4.69) is 112 Å². The van der Waals surface area contributed by atoms with Crippen molar-refractivity contribution in [3.05, 3.63) is 70.3 Å². The van der Waals surface area contributed by atoms with Crippen LogP contribution in [-0.2, 0) is 0 Å². The molecule has 0 aliphatic heterocycles. The Bertz CT molecular complexity index is 1450. The van der Waals surface area contributed by atoms with Crippen LogP contribution >= 0.6 is 0 Å². The van der Waals surface area contributed by atoms with Gasteiger partial charge in [0.2, 0.25) is 0 Å². The molecule has 2 rings (SSSR count). The summed E-state index contributed by atoms with van der Waals surface area (Å²) in [4.78, 5) is 9.12. The van der Waals surface area contributed by atoms with E-state index < -0.39 is 13.7 Å². The monoisotopic (exact) mass is 590 g/mol. The van der Waals surface area contributed by atoms with Crippen molar-refractivity contribution in [2.45, 2.75) is 124 Å². The number of rotatable bonds is 8. The van der Waals surface area contributed by atoms with Gasteiger partial charge in [-0.1, -0.05) is 104 Å². The lowest BCUT2D eigenvalue weighted by atomic mass is 9.99. The summed E-state index contributed by atoms with van der Waals surface area (Å²) < 4.78 is 0. The summed E-state index contributed by atoms with van der Waals surface area (Å²) in [5.41, 5.74) is 9.79. The van der Waals surface area contributed by atoms with Crippen molar-refractivity contribution in [1.82, 2.24) is 9.97 Å². The zero-order valence-electron chi connectivity index (χ0n) is 28.1. The first-order chi connectivity index (χ1) is 20.3. The lowest BCUT2D eigenvalue weighted by Gasteiger charge is -2.38. The van der Waals surface area contributed by atoms with Gasteiger partial charge in [-0.2, -0.15) is 0 Å². The van der Waals surface area contributed by atoms with E-state index in [1.165, 1.54) is 0 Å². The van der Waals surface area contributed by atoms with Gasteiger partial charge in [0.25, 0.3) is 0 Å². The van der Waals surface area contributed by atoms with Gasteiger partial charge in [-0.3, -0.25) is 0 Å². The smallest absolute Gasteiger partial charge is 0.146 e. The molecule has 0 spiro atoms. The van der Waals surface area contributed by atoms with E-state index in [0.29, 0.717) is 22.3 Å². The predicted molar refractivity (Wildman–Crippen MR) is 185 cm³/mol. The molecule has 2 aromatic rings. The number of allylic oxidation sites excluding steroid dienone is 2. The van der Waals surface area contributed by atoms with E-state index in [0.717, 1.165) is 60.1 Å². The summed E-state index contributed by atoms with van der Waals surface area (Å²) in [5.74, 6) is 22.6. The van der Waals surface area contributed by atoms with Crippen molar-refractivity contribution in [2.24, 2.45) is 0 Å². The third-order valence-corrected chi connectivity index (χ3v) is 13.9. The summed E-state index contributed by atoms with van der Waals surface area (Å²) in [6.45, 7) is 21.7. The van der Waals surface area contributed by atoms with E-state index in [1.54, 1.807) is 20.0 Å². The second-order valence-corrected chi connectivity index (χ2v) is 18.2. The average Bonchev–Trinajstić information content (AvgIpc) is 2.95. The fourth-order valence-corrected chi connectivity index (χ4v) is 10.6. The summed E-state index contributed by atoms with van der Waals surface area (Å²) in [7, 11) is -1.80. The van der Waals surface area contributed by atoms with E-state index in [-0.39, 0.29) is 0 Å². The maximum Gasteiger partial charge on any atom is 0.146 e. The van der Waals surface area contributed by atoms with Crippen molar-refractivity contribution in [3.63, 3.8) is 0 Å². The molecule has 2 heterocycles. The van der Waals surface area contributed by atoms with Crippen molar-refractivity contribution >= 4 is 8.07 Å². The molecule has 0 unspecified atom stereocenters. The van der Waals surface area contributed by atoms with Crippen molar-refractivity contribution in [2.75, 3.05) is 0 Å². The molecule has 0 aliphatic carbocycles. The fourth-order valence-electron chi connectivity index (χ4n) is 5.38. The number of unbranched alkanes of at least 4 members (excludes halogenated alkanes) is 1. The minimum absolute atomic E-state index is 0.591. The number of hydrogen-bond donors (Lipinski definition) is 1. The van der Waals surface area contributed by atoms with Crippen molar-refractivity contribution in [3.8, 4) is 47.0 Å². The molecular weight excluding hydrogens is 541 g/mol. The van der Waals surface area contributed by atoms with Gasteiger partial charge in [-0.25, -0.2) is 9.97 Å². The van der Waals surface area contributed by atoms with Crippen LogP contribution in [-0.4, -0.2) is 28.7 Å². The quantitative estimate of drug-likeness (QED) is 0.247. The third-order valence-electron chi connectivity index (χ3n) is 7.66. The Hall–Kier alpha value is -3.54. The first-order valence-electron chi connectivity index (χ1n) is 15.8. The maximum atomic E-state index is 9.83. The molecule has 0 saturated heterocycles. The van der Waals surface area contributed by atoms with E-state index in [9.17, 15) is 5.11 Å². The Morgan fingerprint density at radius 1 is 0.721 bits per heavy atom.